The molecule has 2 rings (SSSR count). The van der Waals surface area contributed by atoms with E-state index in [-0.39, 0.29) is 12.5 Å². The van der Waals surface area contributed by atoms with Crippen LogP contribution in [-0.2, 0) is 6.54 Å². The Labute approximate surface area is 165 Å². The van der Waals surface area contributed by atoms with Gasteiger partial charge in [0.25, 0.3) is 5.91 Å². The Morgan fingerprint density at radius 3 is 2.41 bits per heavy atom. The van der Waals surface area contributed by atoms with Crippen molar-refractivity contribution in [2.24, 2.45) is 5.92 Å². The van der Waals surface area contributed by atoms with Crippen molar-refractivity contribution in [3.05, 3.63) is 52.5 Å². The summed E-state index contributed by atoms with van der Waals surface area (Å²) in [6, 6.07) is 10.6. The van der Waals surface area contributed by atoms with E-state index in [1.807, 2.05) is 12.1 Å². The molecule has 146 valence electrons. The van der Waals surface area contributed by atoms with Gasteiger partial charge in [-0.2, -0.15) is 0 Å². The second-order valence-electron chi connectivity index (χ2n) is 6.51. The summed E-state index contributed by atoms with van der Waals surface area (Å²) in [6.45, 7) is 5.10. The summed E-state index contributed by atoms with van der Waals surface area (Å²) in [5.41, 5.74) is 1.23. The molecular formula is C21H26ClNO4. The molecule has 2 aromatic carbocycles. The van der Waals surface area contributed by atoms with Crippen molar-refractivity contribution in [3.63, 3.8) is 0 Å². The standard InChI is InChI=1S/C21H26ClNO4/c1-14(2)9-10-27-18-8-6-5-7-16(18)21(24)23-13-15-11-19(25-3)20(26-4)12-17(15)22/h5-8,11-12,14H,9-10,13H2,1-4H3,(H,23,24). The topological polar surface area (TPSA) is 56.8 Å². The number of hydrogen-bond donors (Lipinski definition) is 1. The Morgan fingerprint density at radius 2 is 1.74 bits per heavy atom. The molecule has 0 spiro atoms. The molecule has 0 saturated carbocycles. The predicted octanol–water partition coefficient (Wildman–Crippen LogP) is 4.71. The number of carbonyl (C=O) groups is 1. The van der Waals surface area contributed by atoms with Crippen LogP contribution in [0.4, 0.5) is 0 Å². The molecule has 0 aliphatic carbocycles. The lowest BCUT2D eigenvalue weighted by molar-refractivity contribution is 0.0946. The molecule has 0 unspecified atom stereocenters. The number of hydrogen-bond acceptors (Lipinski definition) is 4. The third-order valence-electron chi connectivity index (χ3n) is 4.08. The van der Waals surface area contributed by atoms with Crippen molar-refractivity contribution in [1.82, 2.24) is 5.32 Å². The lowest BCUT2D eigenvalue weighted by atomic mass is 10.1. The van der Waals surface area contributed by atoms with Crippen molar-refractivity contribution in [2.75, 3.05) is 20.8 Å². The van der Waals surface area contributed by atoms with Gasteiger partial charge in [0.15, 0.2) is 11.5 Å². The van der Waals surface area contributed by atoms with Crippen molar-refractivity contribution < 1.29 is 19.0 Å². The first-order chi connectivity index (χ1) is 13.0. The molecule has 0 radical (unpaired) electrons. The maximum absolute atomic E-state index is 12.6. The van der Waals surface area contributed by atoms with Crippen LogP contribution in [0.25, 0.3) is 0 Å². The van der Waals surface area contributed by atoms with Crippen LogP contribution in [0.3, 0.4) is 0 Å². The molecule has 0 aliphatic heterocycles. The van der Waals surface area contributed by atoms with E-state index in [1.54, 1.807) is 38.5 Å². The van der Waals surface area contributed by atoms with Crippen LogP contribution in [0.1, 0.15) is 36.2 Å². The zero-order chi connectivity index (χ0) is 19.8. The Bertz CT molecular complexity index is 777. The first-order valence-corrected chi connectivity index (χ1v) is 9.24. The fraction of sp³-hybridized carbons (Fsp3) is 0.381. The summed E-state index contributed by atoms with van der Waals surface area (Å²) in [7, 11) is 3.10. The Hall–Kier alpha value is -2.40. The number of benzene rings is 2. The molecule has 0 aliphatic rings. The lowest BCUT2D eigenvalue weighted by Gasteiger charge is -2.14. The maximum Gasteiger partial charge on any atom is 0.255 e. The molecule has 0 bridgehead atoms. The maximum atomic E-state index is 12.6. The summed E-state index contributed by atoms with van der Waals surface area (Å²) in [6.07, 6.45) is 0.928. The van der Waals surface area contributed by atoms with E-state index in [0.29, 0.717) is 40.4 Å². The number of ether oxygens (including phenoxy) is 3. The minimum absolute atomic E-state index is 0.221. The van der Waals surface area contributed by atoms with Gasteiger partial charge in [0.1, 0.15) is 5.75 Å². The number of nitrogens with one attached hydrogen (secondary N) is 1. The number of amides is 1. The monoisotopic (exact) mass is 391 g/mol. The van der Waals surface area contributed by atoms with Gasteiger partial charge in [0, 0.05) is 17.6 Å². The van der Waals surface area contributed by atoms with Crippen LogP contribution >= 0.6 is 11.6 Å². The largest absolute Gasteiger partial charge is 0.493 e. The highest BCUT2D eigenvalue weighted by molar-refractivity contribution is 6.31. The van der Waals surface area contributed by atoms with Crippen LogP contribution in [-0.4, -0.2) is 26.7 Å². The molecule has 0 fully saturated rings. The van der Waals surface area contributed by atoms with E-state index < -0.39 is 0 Å². The average Bonchev–Trinajstić information content (AvgIpc) is 2.66. The normalized spacial score (nSPS) is 10.6. The molecule has 0 atom stereocenters. The van der Waals surface area contributed by atoms with Gasteiger partial charge in [-0.25, -0.2) is 0 Å². The highest BCUT2D eigenvalue weighted by atomic mass is 35.5. The average molecular weight is 392 g/mol. The summed E-state index contributed by atoms with van der Waals surface area (Å²) in [5.74, 6) is 2.00. The third kappa shape index (κ3) is 5.79. The van der Waals surface area contributed by atoms with Crippen LogP contribution in [0, 0.1) is 5.92 Å². The van der Waals surface area contributed by atoms with Crippen molar-refractivity contribution in [1.29, 1.82) is 0 Å². The second kappa shape index (κ2) is 10.1. The summed E-state index contributed by atoms with van der Waals surface area (Å²) in [5, 5.41) is 3.38. The summed E-state index contributed by atoms with van der Waals surface area (Å²) in [4.78, 5) is 12.6. The minimum atomic E-state index is -0.221. The van der Waals surface area contributed by atoms with Crippen LogP contribution in [0.5, 0.6) is 17.2 Å². The highest BCUT2D eigenvalue weighted by Gasteiger charge is 2.14. The van der Waals surface area contributed by atoms with Gasteiger partial charge in [-0.05, 0) is 36.1 Å². The number of halogens is 1. The van der Waals surface area contributed by atoms with Crippen molar-refractivity contribution >= 4 is 17.5 Å². The number of para-hydroxylation sites is 1. The molecular weight excluding hydrogens is 366 g/mol. The fourth-order valence-corrected chi connectivity index (χ4v) is 2.71. The second-order valence-corrected chi connectivity index (χ2v) is 6.92. The number of carbonyl (C=O) groups excluding carboxylic acids is 1. The lowest BCUT2D eigenvalue weighted by Crippen LogP contribution is -2.23. The summed E-state index contributed by atoms with van der Waals surface area (Å²) >= 11 is 6.28. The quantitative estimate of drug-likeness (QED) is 0.672. The molecule has 1 amide bonds. The zero-order valence-electron chi connectivity index (χ0n) is 16.2. The van der Waals surface area contributed by atoms with E-state index in [1.165, 1.54) is 0 Å². The van der Waals surface area contributed by atoms with Crippen molar-refractivity contribution in [2.45, 2.75) is 26.8 Å². The third-order valence-corrected chi connectivity index (χ3v) is 4.43. The van der Waals surface area contributed by atoms with E-state index >= 15 is 0 Å². The van der Waals surface area contributed by atoms with E-state index in [4.69, 9.17) is 25.8 Å². The molecule has 2 aromatic rings. The van der Waals surface area contributed by atoms with Gasteiger partial charge >= 0.3 is 0 Å². The fourth-order valence-electron chi connectivity index (χ4n) is 2.49. The van der Waals surface area contributed by atoms with Crippen LogP contribution < -0.4 is 19.5 Å². The molecule has 27 heavy (non-hydrogen) atoms. The first kappa shape index (κ1) is 20.9. The first-order valence-electron chi connectivity index (χ1n) is 8.86. The van der Waals surface area contributed by atoms with E-state index in [2.05, 4.69) is 19.2 Å². The van der Waals surface area contributed by atoms with Gasteiger partial charge in [0.2, 0.25) is 0 Å². The van der Waals surface area contributed by atoms with Crippen LogP contribution in [0.15, 0.2) is 36.4 Å². The Kier molecular flexibility index (Phi) is 7.80. The Morgan fingerprint density at radius 1 is 1.07 bits per heavy atom. The van der Waals surface area contributed by atoms with Gasteiger partial charge < -0.3 is 19.5 Å². The number of methoxy groups -OCH3 is 2. The van der Waals surface area contributed by atoms with E-state index in [9.17, 15) is 4.79 Å². The minimum Gasteiger partial charge on any atom is -0.493 e. The SMILES string of the molecule is COc1cc(Cl)c(CNC(=O)c2ccccc2OCCC(C)C)cc1OC. The van der Waals surface area contributed by atoms with Crippen LogP contribution in [0.2, 0.25) is 5.02 Å². The van der Waals surface area contributed by atoms with Gasteiger partial charge in [-0.15, -0.1) is 0 Å². The smallest absolute Gasteiger partial charge is 0.255 e. The van der Waals surface area contributed by atoms with Gasteiger partial charge in [0.05, 0.1) is 26.4 Å². The molecule has 5 nitrogen and oxygen atoms in total. The number of rotatable bonds is 9. The molecule has 0 heterocycles. The molecule has 6 heteroatoms. The predicted molar refractivity (Wildman–Crippen MR) is 107 cm³/mol. The van der Waals surface area contributed by atoms with Crippen molar-refractivity contribution in [3.8, 4) is 17.2 Å². The van der Waals surface area contributed by atoms with Gasteiger partial charge in [-0.3, -0.25) is 4.79 Å². The highest BCUT2D eigenvalue weighted by Crippen LogP contribution is 2.33. The molecule has 0 saturated heterocycles. The Balaban J connectivity index is 2.08. The summed E-state index contributed by atoms with van der Waals surface area (Å²) < 4.78 is 16.3. The molecule has 0 aromatic heterocycles. The van der Waals surface area contributed by atoms with E-state index in [0.717, 1.165) is 12.0 Å². The molecule has 1 N–H and O–H groups in total. The zero-order valence-corrected chi connectivity index (χ0v) is 16.9. The van der Waals surface area contributed by atoms with Gasteiger partial charge in [-0.1, -0.05) is 37.6 Å².